The van der Waals surface area contributed by atoms with Crippen LogP contribution in [0.3, 0.4) is 0 Å². The van der Waals surface area contributed by atoms with Crippen molar-refractivity contribution in [3.63, 3.8) is 0 Å². The molecule has 0 spiro atoms. The Kier molecular flexibility index (Phi) is 3.75. The predicted molar refractivity (Wildman–Crippen MR) is 66.5 cm³/mol. The van der Waals surface area contributed by atoms with Crippen LogP contribution in [0.25, 0.3) is 11.3 Å². The van der Waals surface area contributed by atoms with Gasteiger partial charge in [0, 0.05) is 23.6 Å². The van der Waals surface area contributed by atoms with Gasteiger partial charge in [-0.05, 0) is 13.0 Å². The molecule has 1 aromatic heterocycles. The molecule has 1 aromatic carbocycles. The fraction of sp³-hybridized carbons (Fsp3) is 0.231. The van der Waals surface area contributed by atoms with Gasteiger partial charge >= 0.3 is 0 Å². The zero-order valence-electron chi connectivity index (χ0n) is 10.3. The number of halogens is 4. The highest BCUT2D eigenvalue weighted by Gasteiger charge is 2.17. The third-order valence-electron chi connectivity index (χ3n) is 2.71. The first-order chi connectivity index (χ1) is 8.93. The van der Waals surface area contributed by atoms with E-state index in [2.05, 4.69) is 9.97 Å². The minimum atomic E-state index is -1.24. The minimum absolute atomic E-state index is 0.129. The van der Waals surface area contributed by atoms with Crippen molar-refractivity contribution in [1.82, 2.24) is 9.97 Å². The second-order valence-electron chi connectivity index (χ2n) is 4.00. The van der Waals surface area contributed by atoms with Crippen LogP contribution in [0.15, 0.2) is 12.1 Å². The Labute approximate surface area is 113 Å². The van der Waals surface area contributed by atoms with Crippen LogP contribution in [0, 0.1) is 24.4 Å². The van der Waals surface area contributed by atoms with Gasteiger partial charge in [-0.15, -0.1) is 0 Å². The van der Waals surface area contributed by atoms with Crippen molar-refractivity contribution in [2.45, 2.75) is 20.3 Å². The molecule has 2 nitrogen and oxygen atoms in total. The zero-order chi connectivity index (χ0) is 14.2. The van der Waals surface area contributed by atoms with Gasteiger partial charge in [-0.2, -0.15) is 0 Å². The second kappa shape index (κ2) is 5.17. The summed E-state index contributed by atoms with van der Waals surface area (Å²) in [6, 6.07) is 1.27. The Morgan fingerprint density at radius 1 is 1.05 bits per heavy atom. The molecule has 6 heteroatoms. The molecule has 0 fully saturated rings. The highest BCUT2D eigenvalue weighted by Crippen LogP contribution is 2.29. The largest absolute Gasteiger partial charge is 0.232 e. The molecule has 0 radical (unpaired) electrons. The molecule has 0 amide bonds. The molecule has 2 aromatic rings. The Hall–Kier alpha value is -1.62. The Balaban J connectivity index is 2.71. The number of rotatable bonds is 2. The minimum Gasteiger partial charge on any atom is -0.232 e. The third kappa shape index (κ3) is 2.56. The smallest absolute Gasteiger partial charge is 0.161 e. The molecule has 19 heavy (non-hydrogen) atoms. The molecule has 0 aliphatic heterocycles. The lowest BCUT2D eigenvalue weighted by Gasteiger charge is -2.10. The van der Waals surface area contributed by atoms with E-state index in [0.29, 0.717) is 23.9 Å². The summed E-state index contributed by atoms with van der Waals surface area (Å²) in [5, 5.41) is 0.172. The molecule has 0 saturated heterocycles. The first-order valence-electron chi connectivity index (χ1n) is 5.62. The van der Waals surface area contributed by atoms with E-state index in [1.807, 2.05) is 6.92 Å². The molecule has 0 saturated carbocycles. The van der Waals surface area contributed by atoms with Crippen LogP contribution < -0.4 is 0 Å². The van der Waals surface area contributed by atoms with Crippen LogP contribution in [0.1, 0.15) is 18.3 Å². The van der Waals surface area contributed by atoms with Crippen LogP contribution in [0.2, 0.25) is 5.15 Å². The molecule has 0 aliphatic carbocycles. The van der Waals surface area contributed by atoms with Gasteiger partial charge < -0.3 is 0 Å². The van der Waals surface area contributed by atoms with E-state index in [4.69, 9.17) is 11.6 Å². The lowest BCUT2D eigenvalue weighted by molar-refractivity contribution is 0.496. The molecule has 1 heterocycles. The number of nitrogens with zero attached hydrogens (tertiary/aromatic N) is 2. The van der Waals surface area contributed by atoms with Crippen molar-refractivity contribution in [2.75, 3.05) is 0 Å². The predicted octanol–water partition coefficient (Wildman–Crippen LogP) is 4.09. The number of benzene rings is 1. The summed E-state index contributed by atoms with van der Waals surface area (Å²) in [4.78, 5) is 8.14. The van der Waals surface area contributed by atoms with E-state index in [0.717, 1.165) is 6.07 Å². The van der Waals surface area contributed by atoms with Crippen molar-refractivity contribution in [3.8, 4) is 11.3 Å². The van der Waals surface area contributed by atoms with Gasteiger partial charge in [0.05, 0.1) is 5.69 Å². The van der Waals surface area contributed by atoms with Crippen LogP contribution in [0.4, 0.5) is 13.2 Å². The first-order valence-corrected chi connectivity index (χ1v) is 5.99. The topological polar surface area (TPSA) is 25.8 Å². The summed E-state index contributed by atoms with van der Waals surface area (Å²) in [6.07, 6.45) is 0.498. The molecule has 100 valence electrons. The summed E-state index contributed by atoms with van der Waals surface area (Å²) in [5.41, 5.74) is 0.465. The van der Waals surface area contributed by atoms with Crippen molar-refractivity contribution in [2.24, 2.45) is 0 Å². The summed E-state index contributed by atoms with van der Waals surface area (Å²) in [6.45, 7) is 3.41. The fourth-order valence-electron chi connectivity index (χ4n) is 1.66. The summed E-state index contributed by atoms with van der Waals surface area (Å²) in [5.74, 6) is -2.85. The maximum absolute atomic E-state index is 13.8. The Bertz CT molecular complexity index is 644. The highest BCUT2D eigenvalue weighted by molar-refractivity contribution is 6.30. The quantitative estimate of drug-likeness (QED) is 0.614. The monoisotopic (exact) mass is 286 g/mol. The van der Waals surface area contributed by atoms with Gasteiger partial charge in [-0.1, -0.05) is 18.5 Å². The summed E-state index contributed by atoms with van der Waals surface area (Å²) >= 11 is 5.93. The van der Waals surface area contributed by atoms with Gasteiger partial charge in [-0.3, -0.25) is 0 Å². The molecular weight excluding hydrogens is 277 g/mol. The number of aromatic nitrogens is 2. The number of hydrogen-bond donors (Lipinski definition) is 0. The van der Waals surface area contributed by atoms with Gasteiger partial charge in [0.25, 0.3) is 0 Å². The summed E-state index contributed by atoms with van der Waals surface area (Å²) in [7, 11) is 0. The van der Waals surface area contributed by atoms with E-state index in [1.165, 1.54) is 0 Å². The van der Waals surface area contributed by atoms with Crippen molar-refractivity contribution in [1.29, 1.82) is 0 Å². The lowest BCUT2D eigenvalue weighted by atomic mass is 10.1. The third-order valence-corrected chi connectivity index (χ3v) is 3.08. The van der Waals surface area contributed by atoms with Crippen LogP contribution in [0.5, 0.6) is 0 Å². The van der Waals surface area contributed by atoms with Crippen molar-refractivity contribution >= 4 is 11.6 Å². The average molecular weight is 287 g/mol. The highest BCUT2D eigenvalue weighted by atomic mass is 35.5. The van der Waals surface area contributed by atoms with Gasteiger partial charge in [-0.25, -0.2) is 23.1 Å². The lowest BCUT2D eigenvalue weighted by Crippen LogP contribution is -2.02. The fourth-order valence-corrected chi connectivity index (χ4v) is 1.84. The van der Waals surface area contributed by atoms with Gasteiger partial charge in [0.1, 0.15) is 16.8 Å². The molecule has 0 atom stereocenters. The second-order valence-corrected chi connectivity index (χ2v) is 4.36. The number of hydrogen-bond acceptors (Lipinski definition) is 2. The Morgan fingerprint density at radius 3 is 2.32 bits per heavy atom. The summed E-state index contributed by atoms with van der Waals surface area (Å²) < 4.78 is 39.9. The van der Waals surface area contributed by atoms with Crippen LogP contribution >= 0.6 is 11.6 Å². The molecule has 0 unspecified atom stereocenters. The Morgan fingerprint density at radius 2 is 1.68 bits per heavy atom. The molecule has 0 aliphatic rings. The standard InChI is InChI=1S/C13H10ClF3N2/c1-3-11-18-12(6(2)13(14)19-11)7-4-9(16)10(17)5-8(7)15/h4-5H,3H2,1-2H3. The van der Waals surface area contributed by atoms with E-state index in [1.54, 1.807) is 6.92 Å². The van der Waals surface area contributed by atoms with Crippen molar-refractivity contribution in [3.05, 3.63) is 46.1 Å². The van der Waals surface area contributed by atoms with E-state index >= 15 is 0 Å². The van der Waals surface area contributed by atoms with Crippen LogP contribution in [-0.2, 0) is 6.42 Å². The molecule has 0 N–H and O–H groups in total. The maximum atomic E-state index is 13.8. The van der Waals surface area contributed by atoms with E-state index in [9.17, 15) is 13.2 Å². The zero-order valence-corrected chi connectivity index (χ0v) is 11.0. The normalized spacial score (nSPS) is 10.8. The molecule has 2 rings (SSSR count). The molecular formula is C13H10ClF3N2. The average Bonchev–Trinajstić information content (AvgIpc) is 2.37. The van der Waals surface area contributed by atoms with E-state index < -0.39 is 17.5 Å². The maximum Gasteiger partial charge on any atom is 0.161 e. The SMILES string of the molecule is CCc1nc(Cl)c(C)c(-c2cc(F)c(F)cc2F)n1. The van der Waals surface area contributed by atoms with Crippen molar-refractivity contribution < 1.29 is 13.2 Å². The van der Waals surface area contributed by atoms with Gasteiger partial charge in [0.15, 0.2) is 11.6 Å². The van der Waals surface area contributed by atoms with E-state index in [-0.39, 0.29) is 16.4 Å². The van der Waals surface area contributed by atoms with Gasteiger partial charge in [0.2, 0.25) is 0 Å². The molecule has 0 bridgehead atoms. The van der Waals surface area contributed by atoms with Crippen LogP contribution in [-0.4, -0.2) is 9.97 Å². The first kappa shape index (κ1) is 13.8. The number of aryl methyl sites for hydroxylation is 1.